The molecule has 2 aliphatic heterocycles. The molecule has 7 aliphatic rings. The van der Waals surface area contributed by atoms with Crippen LogP contribution in [0.5, 0.6) is 0 Å². The van der Waals surface area contributed by atoms with E-state index in [1.54, 1.807) is 0 Å². The minimum atomic E-state index is -1.72. The first-order valence-electron chi connectivity index (χ1n) is 20.4. The molecule has 0 spiro atoms. The second-order valence-corrected chi connectivity index (χ2v) is 19.9. The van der Waals surface area contributed by atoms with Crippen LogP contribution in [0.2, 0.25) is 0 Å². The number of fused-ring (bicyclic) bond motifs is 7. The van der Waals surface area contributed by atoms with E-state index >= 15 is 0 Å². The second kappa shape index (κ2) is 13.7. The topological polar surface area (TPSA) is 216 Å². The zero-order chi connectivity index (χ0) is 39.6. The molecule has 19 atom stereocenters. The van der Waals surface area contributed by atoms with Crippen molar-refractivity contribution in [1.82, 2.24) is 0 Å². The predicted molar refractivity (Wildman–Crippen MR) is 193 cm³/mol. The van der Waals surface area contributed by atoms with Crippen LogP contribution in [0.4, 0.5) is 0 Å². The molecule has 8 N–H and O–H groups in total. The number of rotatable bonds is 5. The molecular weight excluding hydrogens is 700 g/mol. The van der Waals surface area contributed by atoms with Gasteiger partial charge in [-0.1, -0.05) is 53.2 Å². The van der Waals surface area contributed by atoms with E-state index in [0.717, 1.165) is 37.7 Å². The van der Waals surface area contributed by atoms with Crippen LogP contribution in [-0.4, -0.2) is 127 Å². The minimum Gasteiger partial charge on any atom is -0.432 e. The highest BCUT2D eigenvalue weighted by atomic mass is 16.7. The molecule has 0 aromatic rings. The zero-order valence-electron chi connectivity index (χ0n) is 33.1. The largest absolute Gasteiger partial charge is 0.432 e. The number of carbonyl (C=O) groups excluding carboxylic acids is 1. The monoisotopic (exact) mass is 766 g/mol. The summed E-state index contributed by atoms with van der Waals surface area (Å²) in [6.07, 6.45) is -4.04. The predicted octanol–water partition coefficient (Wildman–Crippen LogP) is 1.93. The third-order valence-corrected chi connectivity index (χ3v) is 17.2. The van der Waals surface area contributed by atoms with E-state index in [2.05, 4.69) is 40.7 Å². The molecule has 7 rings (SSSR count). The van der Waals surface area contributed by atoms with Crippen molar-refractivity contribution in [3.8, 4) is 0 Å². The van der Waals surface area contributed by atoms with Gasteiger partial charge in [-0.15, -0.1) is 0 Å². The Balaban J connectivity index is 1.19. The summed E-state index contributed by atoms with van der Waals surface area (Å²) in [6, 6.07) is 0. The van der Waals surface area contributed by atoms with Gasteiger partial charge in [-0.2, -0.15) is 0 Å². The highest BCUT2D eigenvalue weighted by Crippen LogP contribution is 2.76. The van der Waals surface area contributed by atoms with Crippen molar-refractivity contribution >= 4 is 5.97 Å². The van der Waals surface area contributed by atoms with Crippen molar-refractivity contribution < 1.29 is 64.6 Å². The van der Waals surface area contributed by atoms with Gasteiger partial charge in [0, 0.05) is 5.92 Å². The average molecular weight is 767 g/mol. The summed E-state index contributed by atoms with van der Waals surface area (Å²) in [6.45, 7) is 14.8. The average Bonchev–Trinajstić information content (AvgIpc) is 3.11. The van der Waals surface area contributed by atoms with Crippen molar-refractivity contribution in [2.45, 2.75) is 173 Å². The highest BCUT2D eigenvalue weighted by molar-refractivity contribution is 5.79. The molecule has 6 fully saturated rings. The maximum absolute atomic E-state index is 14.6. The molecule has 0 bridgehead atoms. The fourth-order valence-corrected chi connectivity index (χ4v) is 13.5. The Labute approximate surface area is 319 Å². The lowest BCUT2D eigenvalue weighted by atomic mass is 9.33. The first-order valence-corrected chi connectivity index (χ1v) is 20.4. The van der Waals surface area contributed by atoms with Gasteiger partial charge in [0.1, 0.15) is 42.7 Å². The summed E-state index contributed by atoms with van der Waals surface area (Å²) in [5.74, 6) is -0.699. The number of carbonyl (C=O) groups is 1. The van der Waals surface area contributed by atoms with Crippen molar-refractivity contribution in [2.24, 2.45) is 50.7 Å². The summed E-state index contributed by atoms with van der Waals surface area (Å²) in [4.78, 5) is 14.6. The molecule has 2 saturated heterocycles. The summed E-state index contributed by atoms with van der Waals surface area (Å²) in [5, 5.41) is 84.8. The Morgan fingerprint density at radius 1 is 0.815 bits per heavy atom. The molecule has 4 saturated carbocycles. The third-order valence-electron chi connectivity index (χ3n) is 17.2. The van der Waals surface area contributed by atoms with E-state index < -0.39 is 84.8 Å². The van der Waals surface area contributed by atoms with Crippen molar-refractivity contribution in [3.05, 3.63) is 11.6 Å². The molecule has 13 heteroatoms. The lowest BCUT2D eigenvalue weighted by Gasteiger charge is -2.72. The first-order chi connectivity index (χ1) is 25.1. The van der Waals surface area contributed by atoms with Gasteiger partial charge in [-0.25, -0.2) is 0 Å². The number of hydrogen-bond donors (Lipinski definition) is 8. The molecular formula is C41H66O13. The lowest BCUT2D eigenvalue weighted by Crippen LogP contribution is -2.68. The van der Waals surface area contributed by atoms with Gasteiger partial charge in [-0.3, -0.25) is 4.79 Å². The van der Waals surface area contributed by atoms with Crippen LogP contribution in [0, 0.1) is 50.7 Å². The SMILES string of the molecule is C[C@@H]1CC[C@]2(C(=O)O[C@H]3O[C@H](CO)[C@@H](O)[C@@H](O)[C@H]3O)CC[C@@]3(C)C(=CC[C@H]4[C@]3(C)CCC3C(C)(C)[C@@H](O[C@H]5OC[C@@H](O)[C@@H](O)[C@H]5O)CC[C@]34C)[C@@H]2[C@]1(C)O. The van der Waals surface area contributed by atoms with Gasteiger partial charge in [-0.05, 0) is 104 Å². The van der Waals surface area contributed by atoms with E-state index in [9.17, 15) is 45.6 Å². The first kappa shape index (κ1) is 40.9. The fraction of sp³-hybridized carbons (Fsp3) is 0.927. The molecule has 2 heterocycles. The molecule has 13 nitrogen and oxygen atoms in total. The van der Waals surface area contributed by atoms with Crippen LogP contribution in [-0.2, 0) is 23.7 Å². The van der Waals surface area contributed by atoms with Gasteiger partial charge in [0.05, 0.1) is 30.3 Å². The summed E-state index contributed by atoms with van der Waals surface area (Å²) < 4.78 is 23.7. The Morgan fingerprint density at radius 2 is 1.50 bits per heavy atom. The molecule has 0 aromatic carbocycles. The summed E-state index contributed by atoms with van der Waals surface area (Å²) in [7, 11) is 0. The molecule has 0 aromatic heterocycles. The standard InChI is InChI=1S/C41H66O13/c1-20-10-15-41(35(49)54-34-31(48)29(46)28(45)23(18-42)52-34)17-16-38(5)21(32(41)40(20,7)50)8-9-25-37(4)13-12-26(36(2,3)24(37)11-14-39(25,38)6)53-33-30(47)27(44)22(43)19-51-33/h8,20,22-34,42-48,50H,9-19H2,1-7H3/t20-,22-,23-,24?,25-,26+,27-,28-,29-,30-,31-,32-,33-,34-,37-,38+,39+,40-,41+/m1/s1. The van der Waals surface area contributed by atoms with Crippen LogP contribution < -0.4 is 0 Å². The molecule has 308 valence electrons. The number of aliphatic hydroxyl groups excluding tert-OH is 7. The van der Waals surface area contributed by atoms with Crippen LogP contribution in [0.25, 0.3) is 0 Å². The van der Waals surface area contributed by atoms with Gasteiger partial charge in [0.15, 0.2) is 6.29 Å². The third kappa shape index (κ3) is 5.68. The number of esters is 1. The van der Waals surface area contributed by atoms with E-state index in [-0.39, 0.29) is 46.2 Å². The molecule has 0 amide bonds. The van der Waals surface area contributed by atoms with Gasteiger partial charge < -0.3 is 59.8 Å². The molecule has 54 heavy (non-hydrogen) atoms. The van der Waals surface area contributed by atoms with Gasteiger partial charge >= 0.3 is 5.97 Å². The molecule has 0 radical (unpaired) electrons. The van der Waals surface area contributed by atoms with Crippen molar-refractivity contribution in [2.75, 3.05) is 13.2 Å². The van der Waals surface area contributed by atoms with E-state index in [0.29, 0.717) is 31.6 Å². The Kier molecular flexibility index (Phi) is 10.4. The quantitative estimate of drug-likeness (QED) is 0.114. The van der Waals surface area contributed by atoms with Crippen LogP contribution in [0.1, 0.15) is 106 Å². The Bertz CT molecular complexity index is 1470. The summed E-state index contributed by atoms with van der Waals surface area (Å²) >= 11 is 0. The Hall–Kier alpha value is -1.23. The maximum atomic E-state index is 14.6. The van der Waals surface area contributed by atoms with E-state index in [1.807, 2.05) is 13.8 Å². The van der Waals surface area contributed by atoms with Crippen molar-refractivity contribution in [3.63, 3.8) is 0 Å². The van der Waals surface area contributed by atoms with Crippen LogP contribution in [0.15, 0.2) is 11.6 Å². The number of allylic oxidation sites excluding steroid dienone is 1. The number of aliphatic hydroxyl groups is 8. The zero-order valence-corrected chi connectivity index (χ0v) is 33.1. The second-order valence-electron chi connectivity index (χ2n) is 19.9. The number of ether oxygens (including phenoxy) is 4. The van der Waals surface area contributed by atoms with Gasteiger partial charge in [0.2, 0.25) is 6.29 Å². The number of hydrogen-bond acceptors (Lipinski definition) is 13. The summed E-state index contributed by atoms with van der Waals surface area (Å²) in [5.41, 5.74) is -2.15. The Morgan fingerprint density at radius 3 is 2.19 bits per heavy atom. The normalized spacial score (nSPS) is 55.6. The molecule has 5 aliphatic carbocycles. The fourth-order valence-electron chi connectivity index (χ4n) is 13.5. The van der Waals surface area contributed by atoms with Crippen LogP contribution in [0.3, 0.4) is 0 Å². The van der Waals surface area contributed by atoms with Gasteiger partial charge in [0.25, 0.3) is 0 Å². The molecule has 1 unspecified atom stereocenters. The lowest BCUT2D eigenvalue weighted by molar-refractivity contribution is -0.308. The van der Waals surface area contributed by atoms with E-state index in [4.69, 9.17) is 18.9 Å². The smallest absolute Gasteiger partial charge is 0.315 e. The highest BCUT2D eigenvalue weighted by Gasteiger charge is 2.72. The minimum absolute atomic E-state index is 0.0674. The van der Waals surface area contributed by atoms with Crippen molar-refractivity contribution in [1.29, 1.82) is 0 Å². The maximum Gasteiger partial charge on any atom is 0.315 e. The van der Waals surface area contributed by atoms with Crippen LogP contribution >= 0.6 is 0 Å². The van der Waals surface area contributed by atoms with E-state index in [1.165, 1.54) is 0 Å².